The van der Waals surface area contributed by atoms with Crippen molar-refractivity contribution in [1.82, 2.24) is 14.9 Å². The molecule has 44 heavy (non-hydrogen) atoms. The summed E-state index contributed by atoms with van der Waals surface area (Å²) in [7, 11) is 0. The van der Waals surface area contributed by atoms with E-state index in [9.17, 15) is 19.5 Å². The van der Waals surface area contributed by atoms with Crippen LogP contribution in [0.2, 0.25) is 0 Å². The molecule has 3 N–H and O–H groups in total. The summed E-state index contributed by atoms with van der Waals surface area (Å²) in [6.45, 7) is 6.30. The van der Waals surface area contributed by atoms with Gasteiger partial charge in [-0.3, -0.25) is 29.8 Å². The zero-order chi connectivity index (χ0) is 31.4. The molecule has 0 radical (unpaired) electrons. The predicted octanol–water partition coefficient (Wildman–Crippen LogP) is 5.59. The maximum Gasteiger partial charge on any atom is 0.264 e. The molecule has 1 aliphatic heterocycles. The van der Waals surface area contributed by atoms with E-state index >= 15 is 4.39 Å². The first-order valence-electron chi connectivity index (χ1n) is 14.0. The lowest BCUT2D eigenvalue weighted by atomic mass is 10.1. The van der Waals surface area contributed by atoms with Gasteiger partial charge in [-0.2, -0.15) is 0 Å². The molecular weight excluding hydrogens is 585 g/mol. The van der Waals surface area contributed by atoms with Gasteiger partial charge in [-0.15, -0.1) is 11.3 Å². The zero-order valence-electron chi connectivity index (χ0n) is 24.5. The van der Waals surface area contributed by atoms with Crippen molar-refractivity contribution in [3.05, 3.63) is 88.8 Å². The van der Waals surface area contributed by atoms with Gasteiger partial charge in [-0.05, 0) is 57.5 Å². The van der Waals surface area contributed by atoms with E-state index in [1.807, 2.05) is 18.2 Å². The van der Waals surface area contributed by atoms with Crippen LogP contribution in [0.25, 0.3) is 10.2 Å². The minimum absolute atomic E-state index is 0.0550. The summed E-state index contributed by atoms with van der Waals surface area (Å²) in [6.07, 6.45) is 2.93. The maximum atomic E-state index is 15.2. The van der Waals surface area contributed by atoms with Crippen molar-refractivity contribution >= 4 is 51.0 Å². The van der Waals surface area contributed by atoms with E-state index in [4.69, 9.17) is 4.74 Å². The highest BCUT2D eigenvalue weighted by molar-refractivity contribution is 7.21. The van der Waals surface area contributed by atoms with Gasteiger partial charge >= 0.3 is 0 Å². The third kappa shape index (κ3) is 7.04. The van der Waals surface area contributed by atoms with Crippen LogP contribution in [-0.2, 0) is 9.59 Å². The second-order valence-electron chi connectivity index (χ2n) is 11.0. The van der Waals surface area contributed by atoms with E-state index < -0.39 is 17.3 Å². The van der Waals surface area contributed by atoms with Gasteiger partial charge < -0.3 is 20.1 Å². The normalized spacial score (nSPS) is 13.5. The Labute approximate surface area is 257 Å². The first-order valence-corrected chi connectivity index (χ1v) is 14.8. The molecule has 0 bridgehead atoms. The number of pyridine rings is 1. The van der Waals surface area contributed by atoms with Crippen LogP contribution < -0.4 is 15.5 Å². The van der Waals surface area contributed by atoms with Crippen LogP contribution in [-0.4, -0.2) is 63.3 Å². The van der Waals surface area contributed by atoms with Gasteiger partial charge in [0, 0.05) is 42.8 Å². The van der Waals surface area contributed by atoms with Gasteiger partial charge in [-0.1, -0.05) is 18.2 Å². The fourth-order valence-corrected chi connectivity index (χ4v) is 5.53. The van der Waals surface area contributed by atoms with Crippen molar-refractivity contribution in [2.24, 2.45) is 0 Å². The number of likely N-dealkylation sites (tertiary alicyclic amines) is 1. The molecule has 0 aliphatic carbocycles. The van der Waals surface area contributed by atoms with Crippen LogP contribution in [0.3, 0.4) is 0 Å². The molecule has 228 valence electrons. The fourth-order valence-electron chi connectivity index (χ4n) is 4.50. The van der Waals surface area contributed by atoms with E-state index in [0.29, 0.717) is 32.8 Å². The summed E-state index contributed by atoms with van der Waals surface area (Å²) < 4.78 is 21.7. The second-order valence-corrected chi connectivity index (χ2v) is 12.0. The van der Waals surface area contributed by atoms with Crippen LogP contribution in [0.15, 0.2) is 78.1 Å². The number of benzene rings is 2. The number of aliphatic hydroxyl groups is 1. The standard InChI is InChI=1S/C32H32FN5O5S/c1-20(38(19-32(2,3)42)36-21-8-5-4-6-9-21)23(18-39)30(40)35-22-10-11-26(24(33)16-22)43-27-12-13-34-25-17-28(44-29(25)27)31(41)37-14-7-15-37/h4-6,8-13,16-18,36,42H,7,14-15,19H2,1-3H3,(H,35,40)/b23-20+. The summed E-state index contributed by atoms with van der Waals surface area (Å²) in [5.41, 5.74) is 3.37. The Hall–Kier alpha value is -4.81. The molecule has 0 saturated carbocycles. The molecule has 10 nitrogen and oxygen atoms in total. The van der Waals surface area contributed by atoms with Crippen LogP contribution >= 0.6 is 11.3 Å². The lowest BCUT2D eigenvalue weighted by Gasteiger charge is -2.33. The summed E-state index contributed by atoms with van der Waals surface area (Å²) >= 11 is 1.24. The number of hydrazine groups is 1. The molecular formula is C32H32FN5O5S. The Balaban J connectivity index is 1.33. The highest BCUT2D eigenvalue weighted by Crippen LogP contribution is 2.37. The average Bonchev–Trinajstić information content (AvgIpc) is 3.39. The number of amides is 2. The summed E-state index contributed by atoms with van der Waals surface area (Å²) in [4.78, 5) is 44.5. The minimum Gasteiger partial charge on any atom is -0.453 e. The number of hydrogen-bond acceptors (Lipinski definition) is 9. The van der Waals surface area contributed by atoms with Crippen LogP contribution in [0.1, 0.15) is 36.9 Å². The van der Waals surface area contributed by atoms with Crippen molar-refractivity contribution in [3.8, 4) is 11.5 Å². The molecule has 1 fully saturated rings. The molecule has 12 heteroatoms. The topological polar surface area (TPSA) is 124 Å². The molecule has 2 aromatic heterocycles. The van der Waals surface area contributed by atoms with Crippen molar-refractivity contribution in [1.29, 1.82) is 0 Å². The lowest BCUT2D eigenvalue weighted by molar-refractivity contribution is -0.115. The predicted molar refractivity (Wildman–Crippen MR) is 167 cm³/mol. The monoisotopic (exact) mass is 617 g/mol. The van der Waals surface area contributed by atoms with E-state index in [1.54, 1.807) is 49.9 Å². The first kappa shape index (κ1) is 30.6. The molecule has 1 aliphatic rings. The van der Waals surface area contributed by atoms with Gasteiger partial charge in [0.05, 0.1) is 32.9 Å². The Kier molecular flexibility index (Phi) is 8.93. The van der Waals surface area contributed by atoms with Crippen LogP contribution in [0, 0.1) is 5.82 Å². The summed E-state index contributed by atoms with van der Waals surface area (Å²) in [5, 5.41) is 14.5. The van der Waals surface area contributed by atoms with Gasteiger partial charge in [0.15, 0.2) is 17.9 Å². The third-order valence-corrected chi connectivity index (χ3v) is 8.01. The number of aromatic nitrogens is 1. The van der Waals surface area contributed by atoms with Crippen molar-refractivity contribution in [3.63, 3.8) is 0 Å². The molecule has 1 saturated heterocycles. The quantitative estimate of drug-likeness (QED) is 0.0655. The number of ether oxygens (including phenoxy) is 1. The summed E-state index contributed by atoms with van der Waals surface area (Å²) in [6, 6.07) is 16.3. The van der Waals surface area contributed by atoms with Crippen molar-refractivity contribution in [2.75, 3.05) is 30.4 Å². The van der Waals surface area contributed by atoms with Gasteiger partial charge in [0.2, 0.25) is 0 Å². The van der Waals surface area contributed by atoms with E-state index in [1.165, 1.54) is 34.7 Å². The van der Waals surface area contributed by atoms with Gasteiger partial charge in [0.1, 0.15) is 11.3 Å². The number of halogens is 1. The molecule has 3 heterocycles. The Bertz CT molecular complexity index is 1730. The first-order chi connectivity index (χ1) is 21.0. The van der Waals surface area contributed by atoms with Crippen LogP contribution in [0.5, 0.6) is 11.5 Å². The average molecular weight is 618 g/mol. The zero-order valence-corrected chi connectivity index (χ0v) is 25.3. The highest BCUT2D eigenvalue weighted by atomic mass is 32.1. The number of nitrogens with zero attached hydrogens (tertiary/aromatic N) is 3. The Morgan fingerprint density at radius 1 is 1.11 bits per heavy atom. The largest absolute Gasteiger partial charge is 0.453 e. The number of carbonyl (C=O) groups excluding carboxylic acids is 3. The highest BCUT2D eigenvalue weighted by Gasteiger charge is 2.25. The number of para-hydroxylation sites is 1. The molecule has 2 aromatic carbocycles. The van der Waals surface area contributed by atoms with Gasteiger partial charge in [-0.25, -0.2) is 4.39 Å². The molecule has 2 amide bonds. The van der Waals surface area contributed by atoms with E-state index in [-0.39, 0.29) is 35.2 Å². The Morgan fingerprint density at radius 3 is 2.50 bits per heavy atom. The smallest absolute Gasteiger partial charge is 0.264 e. The number of carbonyl (C=O) groups is 3. The third-order valence-electron chi connectivity index (χ3n) is 6.88. The fraction of sp³-hybridized carbons (Fsp3) is 0.250. The SMILES string of the molecule is C/C(=C(/C=O)C(=O)Nc1ccc(Oc2ccnc3cc(C(=O)N4CCC4)sc23)c(F)c1)N(CC(C)(C)O)Nc1ccccc1. The minimum atomic E-state index is -1.17. The number of thiophene rings is 1. The molecule has 0 spiro atoms. The van der Waals surface area contributed by atoms with Gasteiger partial charge in [0.25, 0.3) is 11.8 Å². The van der Waals surface area contributed by atoms with E-state index in [0.717, 1.165) is 25.6 Å². The van der Waals surface area contributed by atoms with Crippen LogP contribution in [0.4, 0.5) is 15.8 Å². The molecule has 0 unspecified atom stereocenters. The molecule has 0 atom stereocenters. The van der Waals surface area contributed by atoms with E-state index in [2.05, 4.69) is 15.7 Å². The molecule has 5 rings (SSSR count). The number of allylic oxidation sites excluding steroid dienone is 1. The number of hydrogen-bond donors (Lipinski definition) is 3. The number of anilines is 2. The second kappa shape index (κ2) is 12.8. The van der Waals surface area contributed by atoms with Crippen molar-refractivity contribution in [2.45, 2.75) is 32.8 Å². The number of nitrogens with one attached hydrogen (secondary N) is 2. The maximum absolute atomic E-state index is 15.2. The molecule has 4 aromatic rings. The number of fused-ring (bicyclic) bond motifs is 1. The van der Waals surface area contributed by atoms with Crippen molar-refractivity contribution < 1.29 is 28.6 Å². The number of rotatable bonds is 11. The lowest BCUT2D eigenvalue weighted by Crippen LogP contribution is -2.42. The summed E-state index contributed by atoms with van der Waals surface area (Å²) in [5.74, 6) is -1.31. The number of aldehydes is 1. The Morgan fingerprint density at radius 2 is 1.86 bits per heavy atom.